The van der Waals surface area contributed by atoms with Gasteiger partial charge in [0.05, 0.1) is 42.6 Å². The first-order chi connectivity index (χ1) is 17.7. The second kappa shape index (κ2) is 10.6. The van der Waals surface area contributed by atoms with Gasteiger partial charge in [0.25, 0.3) is 5.91 Å². The monoisotopic (exact) mass is 525 g/mol. The smallest absolute Gasteiger partial charge is 0.412 e. The van der Waals surface area contributed by atoms with Crippen LogP contribution in [0.2, 0.25) is 0 Å². The molecule has 1 aliphatic rings. The van der Waals surface area contributed by atoms with Crippen molar-refractivity contribution in [3.63, 3.8) is 0 Å². The maximum absolute atomic E-state index is 12.4. The van der Waals surface area contributed by atoms with E-state index in [2.05, 4.69) is 21.2 Å². The molecule has 192 valence electrons. The summed E-state index contributed by atoms with van der Waals surface area (Å²) in [6.45, 7) is 0.0951. The summed E-state index contributed by atoms with van der Waals surface area (Å²) < 4.78 is 38.8. The number of sulfonamides is 1. The van der Waals surface area contributed by atoms with Crippen molar-refractivity contribution in [2.75, 3.05) is 25.0 Å². The molecule has 4 rings (SSSR count). The van der Waals surface area contributed by atoms with Gasteiger partial charge in [-0.15, -0.1) is 0 Å². The molecule has 5 N–H and O–H groups in total. The Kier molecular flexibility index (Phi) is 7.27. The molecular weight excluding hydrogens is 502 g/mol. The number of nitrogens with zero attached hydrogens (tertiary/aromatic N) is 1. The molecule has 0 spiro atoms. The van der Waals surface area contributed by atoms with E-state index in [-0.39, 0.29) is 22.9 Å². The maximum atomic E-state index is 12.4. The number of hydrogen-bond acceptors (Lipinski definition) is 9. The normalized spacial score (nSPS) is 13.5. The first-order valence-electron chi connectivity index (χ1n) is 10.8. The van der Waals surface area contributed by atoms with E-state index in [0.29, 0.717) is 34.0 Å². The summed E-state index contributed by atoms with van der Waals surface area (Å²) in [6, 6.07) is 15.4. The third-order valence-electron chi connectivity index (χ3n) is 5.34. The van der Waals surface area contributed by atoms with Crippen LogP contribution in [0.25, 0.3) is 0 Å². The van der Waals surface area contributed by atoms with Gasteiger partial charge < -0.3 is 24.8 Å². The summed E-state index contributed by atoms with van der Waals surface area (Å²) in [5.41, 5.74) is 4.73. The summed E-state index contributed by atoms with van der Waals surface area (Å²) in [7, 11) is -0.792. The summed E-state index contributed by atoms with van der Waals surface area (Å²) >= 11 is 0. The number of carbonyl (C=O) groups is 2. The molecule has 0 radical (unpaired) electrons. The van der Waals surface area contributed by atoms with Crippen LogP contribution in [0.5, 0.6) is 17.2 Å². The van der Waals surface area contributed by atoms with Gasteiger partial charge in [0.2, 0.25) is 10.0 Å². The Bertz CT molecular complexity index is 1470. The van der Waals surface area contributed by atoms with Gasteiger partial charge in [0.15, 0.2) is 5.71 Å². The van der Waals surface area contributed by atoms with Crippen LogP contribution >= 0.6 is 0 Å². The highest BCUT2D eigenvalue weighted by atomic mass is 32.2. The van der Waals surface area contributed by atoms with Crippen molar-refractivity contribution in [1.82, 2.24) is 5.32 Å². The average molecular weight is 526 g/mol. The predicted molar refractivity (Wildman–Crippen MR) is 135 cm³/mol. The Balaban J connectivity index is 1.46. The van der Waals surface area contributed by atoms with Gasteiger partial charge >= 0.3 is 6.09 Å². The number of rotatable bonds is 8. The number of hydrazone groups is 1. The van der Waals surface area contributed by atoms with E-state index in [9.17, 15) is 18.0 Å². The Labute approximate surface area is 212 Å². The summed E-state index contributed by atoms with van der Waals surface area (Å²) in [4.78, 5) is 24.8. The first-order valence-corrected chi connectivity index (χ1v) is 12.3. The van der Waals surface area contributed by atoms with Crippen molar-refractivity contribution in [2.24, 2.45) is 10.2 Å². The van der Waals surface area contributed by atoms with E-state index >= 15 is 0 Å². The second-order valence-corrected chi connectivity index (χ2v) is 9.25. The zero-order valence-corrected chi connectivity index (χ0v) is 20.6. The zero-order valence-electron chi connectivity index (χ0n) is 19.8. The van der Waals surface area contributed by atoms with Gasteiger partial charge in [-0.25, -0.2) is 18.4 Å². The van der Waals surface area contributed by atoms with E-state index in [0.717, 1.165) is 0 Å². The molecule has 1 aliphatic heterocycles. The fraction of sp³-hybridized carbons (Fsp3) is 0.125. The Morgan fingerprint density at radius 3 is 2.32 bits per heavy atom. The molecule has 0 bridgehead atoms. The number of carbonyl (C=O) groups excluding carboxylic acids is 2. The van der Waals surface area contributed by atoms with E-state index in [4.69, 9.17) is 19.3 Å². The van der Waals surface area contributed by atoms with Crippen LogP contribution in [0.15, 0.2) is 70.7 Å². The van der Waals surface area contributed by atoms with Gasteiger partial charge in [-0.2, -0.15) is 5.10 Å². The number of benzene rings is 3. The van der Waals surface area contributed by atoms with Gasteiger partial charge in [-0.1, -0.05) is 6.07 Å². The standard InChI is InChI=1S/C24H23N5O7S/c1-34-20-4-3-5-21(35-2)18(20)13-26-24(31)36-15-8-11-19-17(12-15)22(23(30)27-19)29-28-14-6-9-16(10-7-14)37(25,32)33/h3-12,28H,13H2,1-2H3,(H,26,31)(H2,25,32,33)(H,27,29,30). The predicted octanol–water partition coefficient (Wildman–Crippen LogP) is 2.41. The number of fused-ring (bicyclic) bond motifs is 1. The Morgan fingerprint density at radius 1 is 1.03 bits per heavy atom. The highest BCUT2D eigenvalue weighted by Gasteiger charge is 2.27. The van der Waals surface area contributed by atoms with Crippen LogP contribution in [0.3, 0.4) is 0 Å². The van der Waals surface area contributed by atoms with Crippen molar-refractivity contribution >= 4 is 39.1 Å². The third kappa shape index (κ3) is 5.79. The molecule has 0 fully saturated rings. The van der Waals surface area contributed by atoms with Crippen LogP contribution in [0, 0.1) is 0 Å². The second-order valence-electron chi connectivity index (χ2n) is 7.69. The zero-order chi connectivity index (χ0) is 26.6. The largest absolute Gasteiger partial charge is 0.496 e. The number of primary sulfonamides is 1. The Hall–Kier alpha value is -4.62. The average Bonchev–Trinajstić information content (AvgIpc) is 3.19. The lowest BCUT2D eigenvalue weighted by molar-refractivity contribution is -0.110. The van der Waals surface area contributed by atoms with Gasteiger partial charge in [-0.05, 0) is 54.6 Å². The quantitative estimate of drug-likeness (QED) is 0.325. The molecule has 37 heavy (non-hydrogen) atoms. The van der Waals surface area contributed by atoms with E-state index in [1.54, 1.807) is 24.3 Å². The molecule has 0 atom stereocenters. The van der Waals surface area contributed by atoms with Crippen LogP contribution in [-0.4, -0.2) is 40.3 Å². The lowest BCUT2D eigenvalue weighted by atomic mass is 10.1. The van der Waals surface area contributed by atoms with Crippen LogP contribution in [0.1, 0.15) is 11.1 Å². The molecule has 12 nitrogen and oxygen atoms in total. The molecule has 13 heteroatoms. The molecule has 0 unspecified atom stereocenters. The molecule has 0 aliphatic carbocycles. The Morgan fingerprint density at radius 2 is 1.70 bits per heavy atom. The fourth-order valence-electron chi connectivity index (χ4n) is 3.55. The van der Waals surface area contributed by atoms with Crippen LogP contribution in [0.4, 0.5) is 16.2 Å². The molecule has 0 saturated carbocycles. The molecule has 0 aromatic heterocycles. The fourth-order valence-corrected chi connectivity index (χ4v) is 4.07. The molecule has 1 heterocycles. The first kappa shape index (κ1) is 25.5. The van der Waals surface area contributed by atoms with Crippen molar-refractivity contribution in [3.05, 3.63) is 71.8 Å². The lowest BCUT2D eigenvalue weighted by Gasteiger charge is -2.13. The minimum atomic E-state index is -3.83. The molecular formula is C24H23N5O7S. The summed E-state index contributed by atoms with van der Waals surface area (Å²) in [5.74, 6) is 0.822. The number of nitrogens with two attached hydrogens (primary N) is 1. The van der Waals surface area contributed by atoms with Gasteiger partial charge in [0, 0.05) is 5.56 Å². The van der Waals surface area contributed by atoms with Gasteiger partial charge in [0.1, 0.15) is 17.2 Å². The minimum absolute atomic E-state index is 0.0511. The summed E-state index contributed by atoms with van der Waals surface area (Å²) in [6.07, 6.45) is -0.725. The third-order valence-corrected chi connectivity index (χ3v) is 6.27. The van der Waals surface area contributed by atoms with Crippen molar-refractivity contribution in [1.29, 1.82) is 0 Å². The van der Waals surface area contributed by atoms with Gasteiger partial charge in [-0.3, -0.25) is 10.2 Å². The minimum Gasteiger partial charge on any atom is -0.496 e. The van der Waals surface area contributed by atoms with Crippen LogP contribution in [-0.2, 0) is 21.4 Å². The topological polar surface area (TPSA) is 170 Å². The highest BCUT2D eigenvalue weighted by molar-refractivity contribution is 7.89. The number of methoxy groups -OCH3 is 2. The van der Waals surface area contributed by atoms with Crippen molar-refractivity contribution in [3.8, 4) is 17.2 Å². The number of hydrogen-bond donors (Lipinski definition) is 4. The lowest BCUT2D eigenvalue weighted by Crippen LogP contribution is -2.26. The molecule has 3 aromatic carbocycles. The number of nitrogens with one attached hydrogen (secondary N) is 3. The van der Waals surface area contributed by atoms with E-state index < -0.39 is 22.0 Å². The van der Waals surface area contributed by atoms with E-state index in [1.165, 1.54) is 50.6 Å². The highest BCUT2D eigenvalue weighted by Crippen LogP contribution is 2.29. The van der Waals surface area contributed by atoms with Crippen LogP contribution < -0.4 is 35.4 Å². The number of anilines is 2. The SMILES string of the molecule is COc1cccc(OC)c1CNC(=O)Oc1ccc2c(c1)C(=NNc1ccc(S(N)(=O)=O)cc1)C(=O)N2. The maximum Gasteiger partial charge on any atom is 0.412 e. The molecule has 3 aromatic rings. The van der Waals surface area contributed by atoms with Crippen molar-refractivity contribution in [2.45, 2.75) is 11.4 Å². The number of amides is 2. The summed E-state index contributed by atoms with van der Waals surface area (Å²) in [5, 5.41) is 14.6. The van der Waals surface area contributed by atoms with E-state index in [1.807, 2.05) is 0 Å². The molecule has 2 amide bonds. The van der Waals surface area contributed by atoms with Crippen molar-refractivity contribution < 1.29 is 32.2 Å². The molecule has 0 saturated heterocycles. The number of ether oxygens (including phenoxy) is 3.